The highest BCUT2D eigenvalue weighted by Gasteiger charge is 2.26. The zero-order valence-corrected chi connectivity index (χ0v) is 8.98. The van der Waals surface area contributed by atoms with E-state index in [1.807, 2.05) is 0 Å². The van der Waals surface area contributed by atoms with Crippen LogP contribution in [0.2, 0.25) is 0 Å². The number of aromatic carboxylic acids is 3. The van der Waals surface area contributed by atoms with Gasteiger partial charge in [0.2, 0.25) is 0 Å². The van der Waals surface area contributed by atoms with Gasteiger partial charge in [0.15, 0.2) is 0 Å². The van der Waals surface area contributed by atoms with Gasteiger partial charge in [-0.15, -0.1) is 0 Å². The van der Waals surface area contributed by atoms with Gasteiger partial charge in [0, 0.05) is 0 Å². The molecule has 0 aliphatic rings. The van der Waals surface area contributed by atoms with E-state index < -0.39 is 46.1 Å². The van der Waals surface area contributed by atoms with Crippen LogP contribution in [0.3, 0.4) is 0 Å². The summed E-state index contributed by atoms with van der Waals surface area (Å²) in [6.07, 6.45) is 0. The molecule has 0 aromatic heterocycles. The van der Waals surface area contributed by atoms with Crippen molar-refractivity contribution in [2.24, 2.45) is 0 Å². The Balaban J connectivity index is 3.69. The minimum absolute atomic E-state index is 0.500. The van der Waals surface area contributed by atoms with E-state index in [4.69, 9.17) is 20.6 Å². The molecule has 0 heterocycles. The number of carboxylic acid groups (broad SMARTS) is 3. The molecule has 1 aromatic carbocycles. The Hall–Kier alpha value is -2.94. The molecule has 0 atom stereocenters. The van der Waals surface area contributed by atoms with Crippen LogP contribution in [0.25, 0.3) is 0 Å². The average Bonchev–Trinajstić information content (AvgIpc) is 2.35. The molecule has 9 heteroatoms. The van der Waals surface area contributed by atoms with E-state index in [-0.39, 0.29) is 0 Å². The molecule has 1 aromatic rings. The molecule has 0 bridgehead atoms. The second-order valence-electron chi connectivity index (χ2n) is 3.24. The van der Waals surface area contributed by atoms with E-state index in [9.17, 15) is 19.2 Å². The van der Waals surface area contributed by atoms with Crippen molar-refractivity contribution in [2.45, 2.75) is 0 Å². The molecule has 19 heavy (non-hydrogen) atoms. The lowest BCUT2D eigenvalue weighted by Crippen LogP contribution is -2.16. The third-order valence-electron chi connectivity index (χ3n) is 2.15. The van der Waals surface area contributed by atoms with Gasteiger partial charge in [0.1, 0.15) is 0 Å². The predicted octanol–water partition coefficient (Wildman–Crippen LogP) is 0.411. The zero-order chi connectivity index (χ0) is 14.7. The number of hydrogen-bond acceptors (Lipinski definition) is 6. The van der Waals surface area contributed by atoms with E-state index in [0.717, 1.165) is 0 Å². The fraction of sp³-hybridized carbons (Fsp3) is 0. The third kappa shape index (κ3) is 2.66. The Kier molecular flexibility index (Phi) is 3.82. The van der Waals surface area contributed by atoms with Crippen LogP contribution in [0, 0.1) is 0 Å². The second kappa shape index (κ2) is 5.14. The maximum Gasteiger partial charge on any atom is 0.373 e. The summed E-state index contributed by atoms with van der Waals surface area (Å²) in [5.74, 6) is -6.55. The highest BCUT2D eigenvalue weighted by atomic mass is 17.1. The van der Waals surface area contributed by atoms with Gasteiger partial charge in [-0.2, -0.15) is 5.26 Å². The van der Waals surface area contributed by atoms with E-state index in [1.165, 1.54) is 0 Å². The molecule has 0 amide bonds. The number of carbonyl (C=O) groups is 4. The predicted molar refractivity (Wildman–Crippen MR) is 55.4 cm³/mol. The first-order valence-corrected chi connectivity index (χ1v) is 4.53. The van der Waals surface area contributed by atoms with Crippen molar-refractivity contribution in [1.82, 2.24) is 0 Å². The quantitative estimate of drug-likeness (QED) is 0.448. The molecule has 9 nitrogen and oxygen atoms in total. The van der Waals surface area contributed by atoms with Gasteiger partial charge in [-0.1, -0.05) is 0 Å². The van der Waals surface area contributed by atoms with Crippen molar-refractivity contribution in [2.75, 3.05) is 0 Å². The first-order valence-electron chi connectivity index (χ1n) is 4.53. The molecule has 0 fully saturated rings. The van der Waals surface area contributed by atoms with Crippen LogP contribution in [0.4, 0.5) is 0 Å². The Morgan fingerprint density at radius 3 is 1.37 bits per heavy atom. The highest BCUT2D eigenvalue weighted by molar-refractivity contribution is 6.09. The lowest BCUT2D eigenvalue weighted by atomic mass is 9.98. The summed E-state index contributed by atoms with van der Waals surface area (Å²) >= 11 is 0. The van der Waals surface area contributed by atoms with Crippen LogP contribution < -0.4 is 0 Å². The Morgan fingerprint density at radius 1 is 0.737 bits per heavy atom. The number of benzene rings is 1. The molecule has 4 N–H and O–H groups in total. The second-order valence-corrected chi connectivity index (χ2v) is 3.24. The summed E-state index contributed by atoms with van der Waals surface area (Å²) < 4.78 is 0. The summed E-state index contributed by atoms with van der Waals surface area (Å²) in [5, 5.41) is 34.6. The fourth-order valence-corrected chi connectivity index (χ4v) is 1.35. The average molecular weight is 270 g/mol. The van der Waals surface area contributed by atoms with Gasteiger partial charge in [0.25, 0.3) is 0 Å². The number of rotatable bonds is 4. The lowest BCUT2D eigenvalue weighted by Gasteiger charge is -2.07. The Labute approximate surface area is 104 Å². The van der Waals surface area contributed by atoms with Crippen molar-refractivity contribution in [1.29, 1.82) is 0 Å². The summed E-state index contributed by atoms with van der Waals surface area (Å²) in [5.41, 5.74) is -3.20. The lowest BCUT2D eigenvalue weighted by molar-refractivity contribution is -0.182. The van der Waals surface area contributed by atoms with Gasteiger partial charge in [-0.3, -0.25) is 4.89 Å². The van der Waals surface area contributed by atoms with E-state index in [1.54, 1.807) is 0 Å². The van der Waals surface area contributed by atoms with Crippen molar-refractivity contribution in [3.63, 3.8) is 0 Å². The highest BCUT2D eigenvalue weighted by Crippen LogP contribution is 2.19. The fourth-order valence-electron chi connectivity index (χ4n) is 1.35. The maximum absolute atomic E-state index is 11.1. The Bertz CT molecular complexity index is 587. The molecule has 0 aliphatic carbocycles. The molecular formula is C10H6O9. The molecule has 0 saturated heterocycles. The van der Waals surface area contributed by atoms with Gasteiger partial charge >= 0.3 is 23.9 Å². The van der Waals surface area contributed by atoms with Crippen LogP contribution in [0.1, 0.15) is 41.4 Å². The van der Waals surface area contributed by atoms with Crippen molar-refractivity contribution in [3.05, 3.63) is 34.4 Å². The zero-order valence-electron chi connectivity index (χ0n) is 8.98. The SMILES string of the molecule is O=C(O)c1cc(C(=O)O)c(C(=O)OO)cc1C(=O)O. The molecule has 1 rings (SSSR count). The smallest absolute Gasteiger partial charge is 0.373 e. The molecule has 0 saturated carbocycles. The molecule has 0 spiro atoms. The summed E-state index contributed by atoms with van der Waals surface area (Å²) in [6.45, 7) is 0. The van der Waals surface area contributed by atoms with Crippen molar-refractivity contribution < 1.29 is 44.6 Å². The first kappa shape index (κ1) is 14.1. The van der Waals surface area contributed by atoms with Crippen LogP contribution in [0.5, 0.6) is 0 Å². The minimum Gasteiger partial charge on any atom is -0.478 e. The van der Waals surface area contributed by atoms with Crippen LogP contribution in [-0.2, 0) is 4.89 Å². The van der Waals surface area contributed by atoms with E-state index in [2.05, 4.69) is 4.89 Å². The number of hydrogen-bond donors (Lipinski definition) is 4. The van der Waals surface area contributed by atoms with Gasteiger partial charge in [-0.05, 0) is 12.1 Å². The van der Waals surface area contributed by atoms with Crippen LogP contribution >= 0.6 is 0 Å². The molecule has 100 valence electrons. The summed E-state index contributed by atoms with van der Waals surface area (Å²) in [6, 6.07) is 1.01. The molecule has 0 radical (unpaired) electrons. The third-order valence-corrected chi connectivity index (χ3v) is 2.15. The minimum atomic E-state index is -1.68. The normalized spacial score (nSPS) is 9.74. The summed E-state index contributed by atoms with van der Waals surface area (Å²) in [4.78, 5) is 47.0. The topological polar surface area (TPSA) is 158 Å². The van der Waals surface area contributed by atoms with Gasteiger partial charge in [-0.25, -0.2) is 19.2 Å². The van der Waals surface area contributed by atoms with Crippen LogP contribution in [0.15, 0.2) is 12.1 Å². The number of carboxylic acids is 3. The number of carbonyl (C=O) groups excluding carboxylic acids is 1. The standard InChI is InChI=1S/C10H6O9/c11-7(12)3-1-5(9(15)16)6(10(17)19-18)2-4(3)8(13)14/h1-2,18H,(H,11,12)(H,13,14)(H,15,16). The molecule has 0 unspecified atom stereocenters. The van der Waals surface area contributed by atoms with Gasteiger partial charge in [0.05, 0.1) is 22.3 Å². The van der Waals surface area contributed by atoms with Crippen LogP contribution in [-0.4, -0.2) is 44.5 Å². The molecule has 0 aliphatic heterocycles. The Morgan fingerprint density at radius 2 is 1.05 bits per heavy atom. The first-order chi connectivity index (χ1) is 8.79. The monoisotopic (exact) mass is 270 g/mol. The van der Waals surface area contributed by atoms with Crippen molar-refractivity contribution in [3.8, 4) is 0 Å². The summed E-state index contributed by atoms with van der Waals surface area (Å²) in [7, 11) is 0. The largest absolute Gasteiger partial charge is 0.478 e. The molecular weight excluding hydrogens is 264 g/mol. The van der Waals surface area contributed by atoms with Crippen molar-refractivity contribution >= 4 is 23.9 Å². The maximum atomic E-state index is 11.1. The van der Waals surface area contributed by atoms with Gasteiger partial charge < -0.3 is 15.3 Å². The van der Waals surface area contributed by atoms with E-state index >= 15 is 0 Å². The van der Waals surface area contributed by atoms with E-state index in [0.29, 0.717) is 12.1 Å².